The topological polar surface area (TPSA) is 77.0 Å². The van der Waals surface area contributed by atoms with E-state index in [9.17, 15) is 0 Å². The zero-order valence-corrected chi connectivity index (χ0v) is 9.75. The number of halogens is 1. The van der Waals surface area contributed by atoms with E-state index in [1.54, 1.807) is 0 Å². The quantitative estimate of drug-likeness (QED) is 0.795. The lowest BCUT2D eigenvalue weighted by Gasteiger charge is -2.08. The van der Waals surface area contributed by atoms with Crippen LogP contribution in [-0.2, 0) is 0 Å². The molecule has 1 aliphatic heterocycles. The summed E-state index contributed by atoms with van der Waals surface area (Å²) in [5, 5.41) is 7.20. The number of hydrogen-bond donors (Lipinski definition) is 2. The van der Waals surface area contributed by atoms with Gasteiger partial charge in [0, 0.05) is 6.04 Å². The highest BCUT2D eigenvalue weighted by atomic mass is 35.5. The van der Waals surface area contributed by atoms with Crippen molar-refractivity contribution in [2.75, 3.05) is 6.54 Å². The summed E-state index contributed by atoms with van der Waals surface area (Å²) < 4.78 is 5.20. The molecular weight excluding hydrogens is 216 g/mol. The maximum atomic E-state index is 5.66. The van der Waals surface area contributed by atoms with E-state index in [4.69, 9.17) is 10.3 Å². The van der Waals surface area contributed by atoms with E-state index < -0.39 is 0 Å². The van der Waals surface area contributed by atoms with Gasteiger partial charge in [-0.15, -0.1) is 12.4 Å². The lowest BCUT2D eigenvalue weighted by molar-refractivity contribution is 0.340. The third-order valence-corrected chi connectivity index (χ3v) is 2.71. The van der Waals surface area contributed by atoms with Gasteiger partial charge < -0.3 is 15.6 Å². The molecule has 3 atom stereocenters. The summed E-state index contributed by atoms with van der Waals surface area (Å²) in [5.41, 5.74) is 5.66. The molecule has 3 N–H and O–H groups in total. The summed E-state index contributed by atoms with van der Waals surface area (Å²) in [4.78, 5) is 4.30. The smallest absolute Gasteiger partial charge is 0.231 e. The van der Waals surface area contributed by atoms with Crippen LogP contribution in [0.4, 0.5) is 0 Å². The Morgan fingerprint density at radius 1 is 1.60 bits per heavy atom. The molecule has 0 radical (unpaired) electrons. The van der Waals surface area contributed by atoms with Gasteiger partial charge in [0.05, 0.1) is 12.0 Å². The molecule has 0 aliphatic carbocycles. The number of nitrogens with two attached hydrogens (primary N) is 1. The van der Waals surface area contributed by atoms with Crippen molar-refractivity contribution in [3.63, 3.8) is 0 Å². The van der Waals surface area contributed by atoms with Crippen LogP contribution in [0.5, 0.6) is 0 Å². The summed E-state index contributed by atoms with van der Waals surface area (Å²) in [6.07, 6.45) is 1.06. The van der Waals surface area contributed by atoms with E-state index in [-0.39, 0.29) is 18.4 Å². The molecule has 86 valence electrons. The lowest BCUT2D eigenvalue weighted by Crippen LogP contribution is -2.21. The van der Waals surface area contributed by atoms with E-state index in [2.05, 4.69) is 22.4 Å². The number of aromatic nitrogens is 2. The van der Waals surface area contributed by atoms with Crippen LogP contribution in [0.15, 0.2) is 4.52 Å². The van der Waals surface area contributed by atoms with Crippen LogP contribution < -0.4 is 11.1 Å². The molecule has 2 heterocycles. The fraction of sp³-hybridized carbons (Fsp3) is 0.778. The van der Waals surface area contributed by atoms with Crippen LogP contribution in [0.3, 0.4) is 0 Å². The monoisotopic (exact) mass is 232 g/mol. The molecule has 5 nitrogen and oxygen atoms in total. The lowest BCUT2D eigenvalue weighted by atomic mass is 10.0. The minimum absolute atomic E-state index is 0. The van der Waals surface area contributed by atoms with Crippen LogP contribution in [0.25, 0.3) is 0 Å². The summed E-state index contributed by atoms with van der Waals surface area (Å²) in [6, 6.07) is 0.258. The number of nitrogens with one attached hydrogen (secondary N) is 1. The van der Waals surface area contributed by atoms with Crippen LogP contribution in [0.1, 0.15) is 43.9 Å². The fourth-order valence-electron chi connectivity index (χ4n) is 1.78. The molecule has 1 aromatic rings. The first kappa shape index (κ1) is 12.4. The standard InChI is InChI=1S/C9H16N4O.ClH/c1-5(10)8-12-9(14-13-8)7-3-4-11-6(7)2;/h5-7,11H,3-4,10H2,1-2H3;1H. The highest BCUT2D eigenvalue weighted by molar-refractivity contribution is 5.85. The Kier molecular flexibility index (Phi) is 4.07. The second-order valence-corrected chi connectivity index (χ2v) is 3.92. The molecule has 0 saturated carbocycles. The van der Waals surface area contributed by atoms with Crippen molar-refractivity contribution >= 4 is 12.4 Å². The Bertz CT molecular complexity index is 315. The van der Waals surface area contributed by atoms with Gasteiger partial charge in [-0.25, -0.2) is 0 Å². The number of rotatable bonds is 2. The maximum Gasteiger partial charge on any atom is 0.231 e. The van der Waals surface area contributed by atoms with E-state index in [1.807, 2.05) is 6.92 Å². The van der Waals surface area contributed by atoms with Crippen molar-refractivity contribution < 1.29 is 4.52 Å². The predicted octanol–water partition coefficient (Wildman–Crippen LogP) is 0.976. The maximum absolute atomic E-state index is 5.66. The van der Waals surface area contributed by atoms with Gasteiger partial charge in [-0.1, -0.05) is 5.16 Å². The molecule has 0 amide bonds. The van der Waals surface area contributed by atoms with Crippen molar-refractivity contribution in [2.45, 2.75) is 38.3 Å². The van der Waals surface area contributed by atoms with Gasteiger partial charge in [-0.3, -0.25) is 0 Å². The first-order chi connectivity index (χ1) is 6.68. The minimum atomic E-state index is -0.155. The first-order valence-electron chi connectivity index (χ1n) is 5.01. The molecule has 1 fully saturated rings. The average Bonchev–Trinajstić information content (AvgIpc) is 2.71. The van der Waals surface area contributed by atoms with Crippen molar-refractivity contribution in [1.82, 2.24) is 15.5 Å². The van der Waals surface area contributed by atoms with Crippen molar-refractivity contribution in [3.05, 3.63) is 11.7 Å². The molecular formula is C9H17ClN4O. The number of nitrogens with zero attached hydrogens (tertiary/aromatic N) is 2. The molecule has 15 heavy (non-hydrogen) atoms. The first-order valence-corrected chi connectivity index (χ1v) is 5.01. The van der Waals surface area contributed by atoms with E-state index in [1.165, 1.54) is 0 Å². The van der Waals surface area contributed by atoms with Gasteiger partial charge in [0.15, 0.2) is 5.82 Å². The van der Waals surface area contributed by atoms with E-state index in [0.29, 0.717) is 17.8 Å². The predicted molar refractivity (Wildman–Crippen MR) is 59.0 cm³/mol. The van der Waals surface area contributed by atoms with Gasteiger partial charge in [0.2, 0.25) is 5.89 Å². The third-order valence-electron chi connectivity index (χ3n) is 2.71. The molecule has 6 heteroatoms. The van der Waals surface area contributed by atoms with Gasteiger partial charge in [0.25, 0.3) is 0 Å². The zero-order valence-electron chi connectivity index (χ0n) is 8.93. The molecule has 2 rings (SSSR count). The van der Waals surface area contributed by atoms with Crippen LogP contribution in [0, 0.1) is 0 Å². The average molecular weight is 233 g/mol. The summed E-state index contributed by atoms with van der Waals surface area (Å²) in [5.74, 6) is 1.66. The second-order valence-electron chi connectivity index (χ2n) is 3.92. The van der Waals surface area contributed by atoms with Crippen LogP contribution in [-0.4, -0.2) is 22.7 Å². The Morgan fingerprint density at radius 2 is 2.33 bits per heavy atom. The second kappa shape index (κ2) is 4.92. The molecule has 0 aromatic carbocycles. The molecule has 0 bridgehead atoms. The molecule has 0 spiro atoms. The Hall–Kier alpha value is -0.650. The van der Waals surface area contributed by atoms with Gasteiger partial charge >= 0.3 is 0 Å². The molecule has 1 saturated heterocycles. The van der Waals surface area contributed by atoms with Gasteiger partial charge in [0.1, 0.15) is 0 Å². The Balaban J connectivity index is 0.00000112. The van der Waals surface area contributed by atoms with Crippen molar-refractivity contribution in [2.24, 2.45) is 5.73 Å². The SMILES string of the molecule is CC(N)c1noc(C2CCNC2C)n1.Cl. The van der Waals surface area contributed by atoms with E-state index >= 15 is 0 Å². The van der Waals surface area contributed by atoms with E-state index in [0.717, 1.165) is 18.9 Å². The number of hydrogen-bond acceptors (Lipinski definition) is 5. The summed E-state index contributed by atoms with van der Waals surface area (Å²) in [6.45, 7) is 5.00. The molecule has 3 unspecified atom stereocenters. The van der Waals surface area contributed by atoms with Gasteiger partial charge in [-0.2, -0.15) is 4.98 Å². The highest BCUT2D eigenvalue weighted by Gasteiger charge is 2.29. The highest BCUT2D eigenvalue weighted by Crippen LogP contribution is 2.26. The Labute approximate surface area is 95.2 Å². The Morgan fingerprint density at radius 3 is 2.80 bits per heavy atom. The van der Waals surface area contributed by atoms with Crippen LogP contribution >= 0.6 is 12.4 Å². The molecule has 1 aromatic heterocycles. The largest absolute Gasteiger partial charge is 0.339 e. The van der Waals surface area contributed by atoms with Crippen molar-refractivity contribution in [3.8, 4) is 0 Å². The minimum Gasteiger partial charge on any atom is -0.339 e. The van der Waals surface area contributed by atoms with Gasteiger partial charge in [-0.05, 0) is 26.8 Å². The third kappa shape index (κ3) is 2.48. The molecule has 1 aliphatic rings. The fourth-order valence-corrected chi connectivity index (χ4v) is 1.78. The normalized spacial score (nSPS) is 27.4. The van der Waals surface area contributed by atoms with Crippen LogP contribution in [0.2, 0.25) is 0 Å². The zero-order chi connectivity index (χ0) is 10.1. The summed E-state index contributed by atoms with van der Waals surface area (Å²) >= 11 is 0. The summed E-state index contributed by atoms with van der Waals surface area (Å²) in [7, 11) is 0. The van der Waals surface area contributed by atoms with Crippen molar-refractivity contribution in [1.29, 1.82) is 0 Å².